The average Bonchev–Trinajstić information content (AvgIpc) is 3.39. The van der Waals surface area contributed by atoms with Crippen molar-refractivity contribution in [1.29, 1.82) is 0 Å². The molecule has 9 heteroatoms. The van der Waals surface area contributed by atoms with Gasteiger partial charge in [0.05, 0.1) is 18.0 Å². The number of nitrogens with one attached hydrogen (secondary N) is 2. The Balaban J connectivity index is 1.28. The highest BCUT2D eigenvalue weighted by Crippen LogP contribution is 2.44. The molecule has 2 N–H and O–H groups in total. The molecule has 5 rings (SSSR count). The highest BCUT2D eigenvalue weighted by atomic mass is 19.1. The Kier molecular flexibility index (Phi) is 3.97. The van der Waals surface area contributed by atoms with Gasteiger partial charge in [-0.15, -0.1) is 0 Å². The molecule has 2 aliphatic heterocycles. The van der Waals surface area contributed by atoms with E-state index < -0.39 is 5.82 Å². The zero-order valence-corrected chi connectivity index (χ0v) is 15.5. The molecule has 2 aliphatic rings. The Bertz CT molecular complexity index is 1070. The van der Waals surface area contributed by atoms with Crippen LogP contribution in [-0.4, -0.2) is 49.6 Å². The van der Waals surface area contributed by atoms with E-state index in [-0.39, 0.29) is 35.4 Å². The predicted octanol–water partition coefficient (Wildman–Crippen LogP) is 1.40. The lowest BCUT2D eigenvalue weighted by Crippen LogP contribution is -2.63. The molecule has 1 aromatic carbocycles. The first kappa shape index (κ1) is 17.6. The maximum Gasteiger partial charge on any atom is 0.251 e. The van der Waals surface area contributed by atoms with Crippen LogP contribution >= 0.6 is 0 Å². The number of aromatic amines is 1. The minimum absolute atomic E-state index is 0.0359. The second-order valence-corrected chi connectivity index (χ2v) is 7.63. The summed E-state index contributed by atoms with van der Waals surface area (Å²) in [4.78, 5) is 31.3. The summed E-state index contributed by atoms with van der Waals surface area (Å²) in [5, 5.41) is 9.64. The Labute approximate surface area is 165 Å². The number of halogens is 1. The van der Waals surface area contributed by atoms with Crippen LogP contribution < -0.4 is 5.32 Å². The molecular formula is C20H19FN6O2. The van der Waals surface area contributed by atoms with Crippen LogP contribution in [0.1, 0.15) is 34.3 Å². The van der Waals surface area contributed by atoms with E-state index in [4.69, 9.17) is 0 Å². The molecule has 4 heterocycles. The first-order valence-electron chi connectivity index (χ1n) is 9.40. The van der Waals surface area contributed by atoms with Crippen molar-refractivity contribution in [1.82, 2.24) is 30.0 Å². The SMILES string of the molecule is O=C(NC1CC2(CN(C(=O)Cc3ccn[nH]3)C2)n2ccnc21)c1cccc(F)c1. The second-order valence-electron chi connectivity index (χ2n) is 7.63. The predicted molar refractivity (Wildman–Crippen MR) is 100 cm³/mol. The fourth-order valence-electron chi connectivity index (χ4n) is 4.31. The number of imidazole rings is 1. The van der Waals surface area contributed by atoms with Crippen molar-refractivity contribution in [3.05, 3.63) is 71.8 Å². The number of amides is 2. The third-order valence-corrected chi connectivity index (χ3v) is 5.69. The third-order valence-electron chi connectivity index (χ3n) is 5.69. The number of hydrogen-bond donors (Lipinski definition) is 2. The molecule has 0 bridgehead atoms. The lowest BCUT2D eigenvalue weighted by atomic mass is 9.85. The van der Waals surface area contributed by atoms with Crippen molar-refractivity contribution in [2.45, 2.75) is 24.4 Å². The number of nitrogens with zero attached hydrogens (tertiary/aromatic N) is 4. The van der Waals surface area contributed by atoms with Crippen molar-refractivity contribution < 1.29 is 14.0 Å². The molecule has 1 spiro atoms. The van der Waals surface area contributed by atoms with Gasteiger partial charge in [0.2, 0.25) is 5.91 Å². The number of fused-ring (bicyclic) bond motifs is 2. The summed E-state index contributed by atoms with van der Waals surface area (Å²) >= 11 is 0. The summed E-state index contributed by atoms with van der Waals surface area (Å²) in [5.41, 5.74) is 0.787. The Morgan fingerprint density at radius 2 is 2.14 bits per heavy atom. The summed E-state index contributed by atoms with van der Waals surface area (Å²) < 4.78 is 15.5. The van der Waals surface area contributed by atoms with Crippen LogP contribution in [0, 0.1) is 5.82 Å². The molecule has 0 saturated carbocycles. The van der Waals surface area contributed by atoms with Crippen LogP contribution in [0.5, 0.6) is 0 Å². The first-order valence-corrected chi connectivity index (χ1v) is 9.40. The van der Waals surface area contributed by atoms with Gasteiger partial charge in [-0.3, -0.25) is 14.7 Å². The fourth-order valence-corrected chi connectivity index (χ4v) is 4.31. The van der Waals surface area contributed by atoms with E-state index in [1.807, 2.05) is 6.20 Å². The summed E-state index contributed by atoms with van der Waals surface area (Å²) in [6.07, 6.45) is 6.14. The minimum Gasteiger partial charge on any atom is -0.342 e. The lowest BCUT2D eigenvalue weighted by molar-refractivity contribution is -0.141. The first-order chi connectivity index (χ1) is 14.0. The maximum atomic E-state index is 13.4. The van der Waals surface area contributed by atoms with Crippen LogP contribution in [0.2, 0.25) is 0 Å². The maximum absolute atomic E-state index is 13.4. The molecule has 3 aromatic rings. The monoisotopic (exact) mass is 394 g/mol. The zero-order valence-electron chi connectivity index (χ0n) is 15.5. The zero-order chi connectivity index (χ0) is 20.0. The number of hydrogen-bond acceptors (Lipinski definition) is 4. The normalized spacial score (nSPS) is 19.1. The fraction of sp³-hybridized carbons (Fsp3) is 0.300. The molecule has 8 nitrogen and oxygen atoms in total. The number of likely N-dealkylation sites (tertiary alicyclic amines) is 1. The molecule has 1 atom stereocenters. The molecule has 1 unspecified atom stereocenters. The largest absolute Gasteiger partial charge is 0.342 e. The Morgan fingerprint density at radius 1 is 1.28 bits per heavy atom. The van der Waals surface area contributed by atoms with Gasteiger partial charge in [-0.05, 0) is 24.3 Å². The molecule has 2 amide bonds. The van der Waals surface area contributed by atoms with Gasteiger partial charge in [0.25, 0.3) is 5.91 Å². The second kappa shape index (κ2) is 6.54. The van der Waals surface area contributed by atoms with E-state index in [2.05, 4.69) is 25.1 Å². The topological polar surface area (TPSA) is 95.9 Å². The summed E-state index contributed by atoms with van der Waals surface area (Å²) in [5.74, 6) is 0.00395. The smallest absolute Gasteiger partial charge is 0.251 e. The van der Waals surface area contributed by atoms with Gasteiger partial charge in [-0.1, -0.05) is 6.07 Å². The number of H-pyrrole nitrogens is 1. The van der Waals surface area contributed by atoms with Gasteiger partial charge in [-0.25, -0.2) is 9.37 Å². The molecule has 0 aliphatic carbocycles. The number of aromatic nitrogens is 4. The van der Waals surface area contributed by atoms with Gasteiger partial charge in [0.15, 0.2) is 0 Å². The highest BCUT2D eigenvalue weighted by Gasteiger charge is 2.53. The van der Waals surface area contributed by atoms with Gasteiger partial charge >= 0.3 is 0 Å². The third kappa shape index (κ3) is 2.98. The molecule has 29 heavy (non-hydrogen) atoms. The summed E-state index contributed by atoms with van der Waals surface area (Å²) in [6.45, 7) is 1.13. The molecule has 2 aromatic heterocycles. The van der Waals surface area contributed by atoms with Gasteiger partial charge < -0.3 is 14.8 Å². The number of benzene rings is 1. The van der Waals surface area contributed by atoms with E-state index in [1.54, 1.807) is 29.4 Å². The average molecular weight is 394 g/mol. The molecular weight excluding hydrogens is 375 g/mol. The molecule has 1 fully saturated rings. The highest BCUT2D eigenvalue weighted by molar-refractivity contribution is 5.94. The standard InChI is InChI=1S/C20H19FN6O2/c21-14-3-1-2-13(8-14)19(29)24-16-10-20(27-7-6-22-18(16)27)11-26(12-20)17(28)9-15-4-5-23-25-15/h1-8,16H,9-12H2,(H,23,25)(H,24,29). The number of rotatable bonds is 4. The van der Waals surface area contributed by atoms with Crippen LogP contribution in [0.15, 0.2) is 48.9 Å². The van der Waals surface area contributed by atoms with E-state index in [9.17, 15) is 14.0 Å². The summed E-state index contributed by atoms with van der Waals surface area (Å²) in [6, 6.07) is 7.11. The van der Waals surface area contributed by atoms with E-state index in [0.717, 1.165) is 11.5 Å². The van der Waals surface area contributed by atoms with Crippen molar-refractivity contribution in [2.24, 2.45) is 0 Å². The quantitative estimate of drug-likeness (QED) is 0.699. The van der Waals surface area contributed by atoms with E-state index in [0.29, 0.717) is 19.5 Å². The van der Waals surface area contributed by atoms with E-state index in [1.165, 1.54) is 18.2 Å². The van der Waals surface area contributed by atoms with Crippen LogP contribution in [0.3, 0.4) is 0 Å². The molecule has 1 saturated heterocycles. The van der Waals surface area contributed by atoms with Crippen LogP contribution in [0.25, 0.3) is 0 Å². The van der Waals surface area contributed by atoms with Crippen molar-refractivity contribution in [3.8, 4) is 0 Å². The number of carbonyl (C=O) groups is 2. The van der Waals surface area contributed by atoms with E-state index >= 15 is 0 Å². The molecule has 0 radical (unpaired) electrons. The number of carbonyl (C=O) groups excluding carboxylic acids is 2. The lowest BCUT2D eigenvalue weighted by Gasteiger charge is -2.49. The van der Waals surface area contributed by atoms with Gasteiger partial charge in [0, 0.05) is 49.4 Å². The van der Waals surface area contributed by atoms with Crippen molar-refractivity contribution in [2.75, 3.05) is 13.1 Å². The van der Waals surface area contributed by atoms with Crippen molar-refractivity contribution in [3.63, 3.8) is 0 Å². The Hall–Kier alpha value is -3.49. The molecule has 148 valence electrons. The van der Waals surface area contributed by atoms with Gasteiger partial charge in [-0.2, -0.15) is 5.10 Å². The van der Waals surface area contributed by atoms with Crippen molar-refractivity contribution >= 4 is 11.8 Å². The van der Waals surface area contributed by atoms with Crippen LogP contribution in [-0.2, 0) is 16.8 Å². The van der Waals surface area contributed by atoms with Gasteiger partial charge in [0.1, 0.15) is 11.6 Å². The minimum atomic E-state index is -0.451. The Morgan fingerprint density at radius 3 is 2.90 bits per heavy atom. The summed E-state index contributed by atoms with van der Waals surface area (Å²) in [7, 11) is 0. The van der Waals surface area contributed by atoms with Crippen LogP contribution in [0.4, 0.5) is 4.39 Å².